The van der Waals surface area contributed by atoms with Gasteiger partial charge in [0.15, 0.2) is 0 Å². The zero-order valence-corrected chi connectivity index (χ0v) is 9.77. The minimum Gasteiger partial charge on any atom is -0.496 e. The van der Waals surface area contributed by atoms with E-state index >= 15 is 0 Å². The lowest BCUT2D eigenvalue weighted by Crippen LogP contribution is -1.96. The van der Waals surface area contributed by atoms with Crippen LogP contribution >= 0.6 is 22.6 Å². The van der Waals surface area contributed by atoms with Crippen molar-refractivity contribution in [2.45, 2.75) is 0 Å². The van der Waals surface area contributed by atoms with Crippen LogP contribution in [0, 0.1) is 13.7 Å². The average molecular weight is 309 g/mol. The zero-order valence-electron chi connectivity index (χ0n) is 7.61. The van der Waals surface area contributed by atoms with Crippen molar-refractivity contribution in [1.82, 2.24) is 0 Å². The van der Waals surface area contributed by atoms with Crippen LogP contribution < -0.4 is 9.47 Å². The second kappa shape index (κ2) is 4.45. The Morgan fingerprint density at radius 3 is 2.43 bits per heavy atom. The van der Waals surface area contributed by atoms with Crippen LogP contribution in [0.25, 0.3) is 0 Å². The minimum atomic E-state index is -0.465. The zero-order chi connectivity index (χ0) is 10.7. The molecule has 1 aromatic carbocycles. The summed E-state index contributed by atoms with van der Waals surface area (Å²) < 4.78 is 10.4. The number of benzene rings is 1. The third-order valence-corrected chi connectivity index (χ3v) is 2.73. The van der Waals surface area contributed by atoms with Crippen molar-refractivity contribution in [3.05, 3.63) is 25.8 Å². The molecule has 0 atom stereocenters. The first-order valence-corrected chi connectivity index (χ1v) is 4.74. The smallest absolute Gasteiger partial charge is 0.290 e. The summed E-state index contributed by atoms with van der Waals surface area (Å²) in [4.78, 5) is 10.2. The Labute approximate surface area is 94.3 Å². The maximum atomic E-state index is 10.6. The second-order valence-electron chi connectivity index (χ2n) is 2.42. The number of ether oxygens (including phenoxy) is 2. The van der Waals surface area contributed by atoms with Crippen LogP contribution in [0.15, 0.2) is 12.1 Å². The Balaban J connectivity index is 3.34. The van der Waals surface area contributed by atoms with E-state index < -0.39 is 4.92 Å². The van der Waals surface area contributed by atoms with Gasteiger partial charge in [-0.05, 0) is 22.6 Å². The van der Waals surface area contributed by atoms with Crippen molar-refractivity contribution in [2.75, 3.05) is 14.2 Å². The number of hydrogen-bond acceptors (Lipinski definition) is 4. The molecule has 0 saturated carbocycles. The molecule has 0 aromatic heterocycles. The van der Waals surface area contributed by atoms with E-state index in [0.717, 1.165) is 0 Å². The number of rotatable bonds is 3. The molecule has 0 fully saturated rings. The first-order chi connectivity index (χ1) is 6.60. The predicted molar refractivity (Wildman–Crippen MR) is 58.9 cm³/mol. The first kappa shape index (κ1) is 11.0. The van der Waals surface area contributed by atoms with Gasteiger partial charge in [0, 0.05) is 6.07 Å². The molecular formula is C8H8INO4. The Hall–Kier alpha value is -1.05. The van der Waals surface area contributed by atoms with Gasteiger partial charge < -0.3 is 9.47 Å². The Morgan fingerprint density at radius 1 is 1.36 bits per heavy atom. The molecule has 6 heteroatoms. The highest BCUT2D eigenvalue weighted by Crippen LogP contribution is 2.34. The van der Waals surface area contributed by atoms with Gasteiger partial charge in [-0.25, -0.2) is 0 Å². The standard InChI is InChI=1S/C8H8INO4/c1-13-5-3-6(10(11)12)8(9)7(4-5)14-2/h3-4H,1-2H3. The monoisotopic (exact) mass is 309 g/mol. The van der Waals surface area contributed by atoms with Crippen LogP contribution in [0.1, 0.15) is 0 Å². The predicted octanol–water partition coefficient (Wildman–Crippen LogP) is 2.22. The van der Waals surface area contributed by atoms with Gasteiger partial charge in [-0.3, -0.25) is 10.1 Å². The van der Waals surface area contributed by atoms with E-state index in [9.17, 15) is 10.1 Å². The minimum absolute atomic E-state index is 0.0122. The molecule has 14 heavy (non-hydrogen) atoms. The largest absolute Gasteiger partial charge is 0.496 e. The van der Waals surface area contributed by atoms with E-state index in [1.54, 1.807) is 6.07 Å². The SMILES string of the molecule is COc1cc(OC)c(I)c([N+](=O)[O-])c1. The number of nitro benzene ring substituents is 1. The third-order valence-electron chi connectivity index (χ3n) is 1.65. The van der Waals surface area contributed by atoms with Gasteiger partial charge in [0.1, 0.15) is 15.1 Å². The molecule has 0 unspecified atom stereocenters. The topological polar surface area (TPSA) is 61.6 Å². The van der Waals surface area contributed by atoms with E-state index in [-0.39, 0.29) is 5.69 Å². The van der Waals surface area contributed by atoms with E-state index in [0.29, 0.717) is 15.1 Å². The van der Waals surface area contributed by atoms with Crippen molar-refractivity contribution in [3.63, 3.8) is 0 Å². The molecule has 0 heterocycles. The van der Waals surface area contributed by atoms with Gasteiger partial charge in [0.05, 0.1) is 25.2 Å². The second-order valence-corrected chi connectivity index (χ2v) is 3.50. The normalized spacial score (nSPS) is 9.64. The summed E-state index contributed by atoms with van der Waals surface area (Å²) >= 11 is 1.87. The molecule has 5 nitrogen and oxygen atoms in total. The summed E-state index contributed by atoms with van der Waals surface area (Å²) in [6, 6.07) is 2.97. The van der Waals surface area contributed by atoms with Crippen molar-refractivity contribution in [1.29, 1.82) is 0 Å². The fourth-order valence-electron chi connectivity index (χ4n) is 0.958. The van der Waals surface area contributed by atoms with Crippen molar-refractivity contribution < 1.29 is 14.4 Å². The number of hydrogen-bond donors (Lipinski definition) is 0. The summed E-state index contributed by atoms with van der Waals surface area (Å²) in [5.41, 5.74) is -0.0122. The number of halogens is 1. The fraction of sp³-hybridized carbons (Fsp3) is 0.250. The summed E-state index contributed by atoms with van der Waals surface area (Å²) in [7, 11) is 2.91. The van der Waals surface area contributed by atoms with Crippen LogP contribution in [0.5, 0.6) is 11.5 Å². The lowest BCUT2D eigenvalue weighted by molar-refractivity contribution is -0.385. The highest BCUT2D eigenvalue weighted by atomic mass is 127. The maximum absolute atomic E-state index is 10.6. The van der Waals surface area contributed by atoms with Crippen molar-refractivity contribution >= 4 is 28.3 Å². The summed E-state index contributed by atoms with van der Waals surface area (Å²) in [6.07, 6.45) is 0. The third kappa shape index (κ3) is 2.06. The highest BCUT2D eigenvalue weighted by molar-refractivity contribution is 14.1. The number of nitrogens with zero attached hydrogens (tertiary/aromatic N) is 1. The molecular weight excluding hydrogens is 301 g/mol. The molecule has 0 aliphatic heterocycles. The summed E-state index contributed by atoms with van der Waals surface area (Å²) in [5, 5.41) is 10.6. The Kier molecular flexibility index (Phi) is 3.50. The van der Waals surface area contributed by atoms with E-state index in [4.69, 9.17) is 9.47 Å². The van der Waals surface area contributed by atoms with Crippen molar-refractivity contribution in [3.8, 4) is 11.5 Å². The lowest BCUT2D eigenvalue weighted by Gasteiger charge is -2.06. The fourth-order valence-corrected chi connectivity index (χ4v) is 1.69. The van der Waals surface area contributed by atoms with Gasteiger partial charge in [-0.2, -0.15) is 0 Å². The Morgan fingerprint density at radius 2 is 2.00 bits per heavy atom. The van der Waals surface area contributed by atoms with E-state index in [1.165, 1.54) is 20.3 Å². The molecule has 1 rings (SSSR count). The van der Waals surface area contributed by atoms with Crippen LogP contribution in [-0.4, -0.2) is 19.1 Å². The molecule has 0 N–H and O–H groups in total. The molecule has 0 amide bonds. The summed E-state index contributed by atoms with van der Waals surface area (Å²) in [6.45, 7) is 0. The quantitative estimate of drug-likeness (QED) is 0.488. The van der Waals surface area contributed by atoms with Gasteiger partial charge in [-0.1, -0.05) is 0 Å². The van der Waals surface area contributed by atoms with Crippen molar-refractivity contribution in [2.24, 2.45) is 0 Å². The van der Waals surface area contributed by atoms with Crippen LogP contribution in [0.4, 0.5) is 5.69 Å². The van der Waals surface area contributed by atoms with Crippen LogP contribution in [-0.2, 0) is 0 Å². The number of methoxy groups -OCH3 is 2. The first-order valence-electron chi connectivity index (χ1n) is 3.66. The lowest BCUT2D eigenvalue weighted by atomic mass is 10.3. The van der Waals surface area contributed by atoms with E-state index in [2.05, 4.69) is 0 Å². The van der Waals surface area contributed by atoms with Crippen LogP contribution in [0.3, 0.4) is 0 Å². The van der Waals surface area contributed by atoms with Gasteiger partial charge in [-0.15, -0.1) is 0 Å². The molecule has 1 aromatic rings. The average Bonchev–Trinajstić information content (AvgIpc) is 2.17. The molecule has 76 valence electrons. The summed E-state index contributed by atoms with van der Waals surface area (Å²) in [5.74, 6) is 0.852. The van der Waals surface area contributed by atoms with Gasteiger partial charge in [0.25, 0.3) is 5.69 Å². The number of nitro groups is 1. The molecule has 0 aliphatic carbocycles. The van der Waals surface area contributed by atoms with Crippen LogP contribution in [0.2, 0.25) is 0 Å². The highest BCUT2D eigenvalue weighted by Gasteiger charge is 2.18. The molecule has 0 aliphatic rings. The molecule has 0 radical (unpaired) electrons. The molecule has 0 bridgehead atoms. The van der Waals surface area contributed by atoms with Gasteiger partial charge >= 0.3 is 0 Å². The van der Waals surface area contributed by atoms with Gasteiger partial charge in [0.2, 0.25) is 0 Å². The maximum Gasteiger partial charge on any atom is 0.290 e. The van der Waals surface area contributed by atoms with E-state index in [1.807, 2.05) is 22.6 Å². The molecule has 0 saturated heterocycles. The molecule has 0 spiro atoms. The Bertz CT molecular complexity index is 367.